The quantitative estimate of drug-likeness (QED) is 0.755. The Hall–Kier alpha value is -2.13. The Bertz CT molecular complexity index is 940. The van der Waals surface area contributed by atoms with E-state index in [1.54, 1.807) is 22.7 Å². The monoisotopic (exact) mass is 425 g/mol. The highest BCUT2D eigenvalue weighted by molar-refractivity contribution is 6.28. The summed E-state index contributed by atoms with van der Waals surface area (Å²) in [6.45, 7) is 5.55. The average molecular weight is 426 g/mol. The van der Waals surface area contributed by atoms with Crippen molar-refractivity contribution in [1.82, 2.24) is 24.0 Å². The Labute approximate surface area is 174 Å². The van der Waals surface area contributed by atoms with Gasteiger partial charge >= 0.3 is 11.8 Å². The highest BCUT2D eigenvalue weighted by atomic mass is 35.5. The predicted octanol–water partition coefficient (Wildman–Crippen LogP) is 2.50. The number of carbonyl (C=O) groups is 1. The lowest BCUT2D eigenvalue weighted by atomic mass is 9.90. The molecule has 0 atom stereocenters. The van der Waals surface area contributed by atoms with Gasteiger partial charge in [-0.3, -0.25) is 9.13 Å². The number of aryl methyl sites for hydroxylation is 1. The van der Waals surface area contributed by atoms with Crippen LogP contribution in [0.15, 0.2) is 11.0 Å². The van der Waals surface area contributed by atoms with Crippen LogP contribution in [0, 0.1) is 0 Å². The second kappa shape index (κ2) is 8.31. The summed E-state index contributed by atoms with van der Waals surface area (Å²) in [6.07, 6.45) is 3.94. The largest absolute Gasteiger partial charge is 0.444 e. The van der Waals surface area contributed by atoms with Crippen LogP contribution < -0.4 is 5.69 Å². The molecule has 0 aliphatic heterocycles. The second-order valence-corrected chi connectivity index (χ2v) is 8.76. The zero-order valence-corrected chi connectivity index (χ0v) is 18.0. The number of nitrogens with zero attached hydrogens (tertiary/aromatic N) is 5. The van der Waals surface area contributed by atoms with Crippen molar-refractivity contribution in [3.05, 3.63) is 22.0 Å². The van der Waals surface area contributed by atoms with Gasteiger partial charge in [0.05, 0.1) is 12.8 Å². The molecule has 2 aromatic heterocycles. The summed E-state index contributed by atoms with van der Waals surface area (Å²) in [5.41, 5.74) is 0.411. The number of carbonyl (C=O) groups excluding carboxylic acids is 1. The van der Waals surface area contributed by atoms with Crippen molar-refractivity contribution in [3.8, 4) is 0 Å². The van der Waals surface area contributed by atoms with E-state index in [2.05, 4.69) is 9.97 Å². The highest BCUT2D eigenvalue weighted by Crippen LogP contribution is 2.32. The van der Waals surface area contributed by atoms with Gasteiger partial charge in [-0.05, 0) is 58.1 Å². The number of aromatic nitrogens is 4. The molecule has 0 saturated heterocycles. The van der Waals surface area contributed by atoms with Crippen LogP contribution in [0.2, 0.25) is 5.28 Å². The van der Waals surface area contributed by atoms with Gasteiger partial charge in [0.1, 0.15) is 11.1 Å². The Morgan fingerprint density at radius 3 is 2.59 bits per heavy atom. The topological polar surface area (TPSA) is 102 Å². The molecule has 1 aliphatic carbocycles. The standard InChI is InChI=1S/C19H28ClN5O4/c1-19(2,3)29-18(28)24(9-10-26)12-5-7-13(8-6-12)25-15-14(23(4)17(25)27)11-21-16(20)22-15/h11-13,26H,5-10H2,1-4H3. The van der Waals surface area contributed by atoms with E-state index in [4.69, 9.17) is 16.3 Å². The predicted molar refractivity (Wildman–Crippen MR) is 109 cm³/mol. The summed E-state index contributed by atoms with van der Waals surface area (Å²) in [5.74, 6) is 0. The molecule has 1 saturated carbocycles. The fourth-order valence-corrected chi connectivity index (χ4v) is 4.05. The van der Waals surface area contributed by atoms with Crippen LogP contribution in [0.3, 0.4) is 0 Å². The fraction of sp³-hybridized carbons (Fsp3) is 0.684. The highest BCUT2D eigenvalue weighted by Gasteiger charge is 2.33. The third-order valence-corrected chi connectivity index (χ3v) is 5.43. The van der Waals surface area contributed by atoms with Crippen LogP contribution in [-0.2, 0) is 11.8 Å². The van der Waals surface area contributed by atoms with Crippen LogP contribution in [-0.4, -0.2) is 60.0 Å². The molecule has 1 fully saturated rings. The van der Waals surface area contributed by atoms with Crippen molar-refractivity contribution in [2.45, 2.75) is 64.1 Å². The van der Waals surface area contributed by atoms with E-state index in [1.165, 1.54) is 4.57 Å². The van der Waals surface area contributed by atoms with E-state index in [0.29, 0.717) is 36.8 Å². The maximum absolute atomic E-state index is 12.8. The fourth-order valence-electron chi connectivity index (χ4n) is 3.92. The molecule has 0 unspecified atom stereocenters. The molecule has 3 rings (SSSR count). The minimum atomic E-state index is -0.600. The molecule has 10 heteroatoms. The van der Waals surface area contributed by atoms with E-state index >= 15 is 0 Å². The normalized spacial score (nSPS) is 20.1. The first-order valence-electron chi connectivity index (χ1n) is 9.82. The molecule has 2 heterocycles. The molecule has 0 bridgehead atoms. The number of halogens is 1. The summed E-state index contributed by atoms with van der Waals surface area (Å²) >= 11 is 5.95. The minimum Gasteiger partial charge on any atom is -0.444 e. The van der Waals surface area contributed by atoms with Gasteiger partial charge in [0.15, 0.2) is 5.65 Å². The summed E-state index contributed by atoms with van der Waals surface area (Å²) in [7, 11) is 1.69. The van der Waals surface area contributed by atoms with E-state index in [9.17, 15) is 14.7 Å². The number of amides is 1. The van der Waals surface area contributed by atoms with Gasteiger partial charge in [-0.1, -0.05) is 0 Å². The van der Waals surface area contributed by atoms with E-state index in [-0.39, 0.29) is 36.2 Å². The molecule has 0 spiro atoms. The first kappa shape index (κ1) is 21.6. The third kappa shape index (κ3) is 4.56. The molecule has 29 heavy (non-hydrogen) atoms. The van der Waals surface area contributed by atoms with Crippen LogP contribution in [0.1, 0.15) is 52.5 Å². The summed E-state index contributed by atoms with van der Waals surface area (Å²) in [5, 5.41) is 9.51. The SMILES string of the molecule is Cn1c(=O)n(C2CCC(N(CCO)C(=O)OC(C)(C)C)CC2)c2nc(Cl)ncc21. The van der Waals surface area contributed by atoms with Gasteiger partial charge in [-0.2, -0.15) is 4.98 Å². The van der Waals surface area contributed by atoms with Crippen LogP contribution in [0.4, 0.5) is 4.79 Å². The molecule has 0 radical (unpaired) electrons. The summed E-state index contributed by atoms with van der Waals surface area (Å²) in [6, 6.07) is -0.0832. The molecular weight excluding hydrogens is 398 g/mol. The first-order chi connectivity index (χ1) is 13.6. The minimum absolute atomic E-state index is 0.0389. The zero-order chi connectivity index (χ0) is 21.3. The number of aliphatic hydroxyl groups is 1. The van der Waals surface area contributed by atoms with E-state index in [0.717, 1.165) is 0 Å². The zero-order valence-electron chi connectivity index (χ0n) is 17.3. The van der Waals surface area contributed by atoms with Crippen molar-refractivity contribution < 1.29 is 14.6 Å². The Morgan fingerprint density at radius 1 is 1.34 bits per heavy atom. The first-order valence-corrected chi connectivity index (χ1v) is 10.2. The van der Waals surface area contributed by atoms with Crippen molar-refractivity contribution in [1.29, 1.82) is 0 Å². The lowest BCUT2D eigenvalue weighted by Gasteiger charge is -2.37. The van der Waals surface area contributed by atoms with Crippen molar-refractivity contribution in [2.75, 3.05) is 13.2 Å². The lowest BCUT2D eigenvalue weighted by molar-refractivity contribution is 0.00661. The Kier molecular flexibility index (Phi) is 6.19. The van der Waals surface area contributed by atoms with Crippen molar-refractivity contribution >= 4 is 28.9 Å². The molecule has 1 aliphatic rings. The van der Waals surface area contributed by atoms with Crippen molar-refractivity contribution in [2.24, 2.45) is 7.05 Å². The number of ether oxygens (including phenoxy) is 1. The molecule has 160 valence electrons. The third-order valence-electron chi connectivity index (χ3n) is 5.24. The molecule has 1 amide bonds. The smallest absolute Gasteiger partial charge is 0.410 e. The molecule has 1 N–H and O–H groups in total. The maximum Gasteiger partial charge on any atom is 0.410 e. The number of imidazole rings is 1. The Morgan fingerprint density at radius 2 is 2.00 bits per heavy atom. The van der Waals surface area contributed by atoms with Gasteiger partial charge in [-0.25, -0.2) is 14.6 Å². The second-order valence-electron chi connectivity index (χ2n) is 8.42. The van der Waals surface area contributed by atoms with Gasteiger partial charge in [0, 0.05) is 25.7 Å². The lowest BCUT2D eigenvalue weighted by Crippen LogP contribution is -2.46. The van der Waals surface area contributed by atoms with E-state index < -0.39 is 11.7 Å². The van der Waals surface area contributed by atoms with Gasteiger partial charge < -0.3 is 14.7 Å². The van der Waals surface area contributed by atoms with Crippen LogP contribution in [0.25, 0.3) is 11.2 Å². The van der Waals surface area contributed by atoms with Crippen molar-refractivity contribution in [3.63, 3.8) is 0 Å². The summed E-state index contributed by atoms with van der Waals surface area (Å²) in [4.78, 5) is 35.2. The number of aliphatic hydroxyl groups excluding tert-OH is 1. The Balaban J connectivity index is 1.79. The number of hydrogen-bond acceptors (Lipinski definition) is 6. The number of hydrogen-bond donors (Lipinski definition) is 1. The van der Waals surface area contributed by atoms with Gasteiger partial charge in [0.25, 0.3) is 0 Å². The molecular formula is C19H28ClN5O4. The molecule has 0 aromatic carbocycles. The van der Waals surface area contributed by atoms with Crippen LogP contribution >= 0.6 is 11.6 Å². The molecule has 9 nitrogen and oxygen atoms in total. The van der Waals surface area contributed by atoms with Crippen LogP contribution in [0.5, 0.6) is 0 Å². The van der Waals surface area contributed by atoms with Gasteiger partial charge in [-0.15, -0.1) is 0 Å². The average Bonchev–Trinajstić information content (AvgIpc) is 2.88. The molecule has 2 aromatic rings. The summed E-state index contributed by atoms with van der Waals surface area (Å²) < 4.78 is 8.70. The van der Waals surface area contributed by atoms with Gasteiger partial charge in [0.2, 0.25) is 5.28 Å². The van der Waals surface area contributed by atoms with E-state index in [1.807, 2.05) is 20.8 Å². The number of rotatable bonds is 4. The number of fused-ring (bicyclic) bond motifs is 1. The maximum atomic E-state index is 12.8.